The Morgan fingerprint density at radius 3 is 2.38 bits per heavy atom. The van der Waals surface area contributed by atoms with Crippen LogP contribution in [0.15, 0.2) is 6.33 Å². The number of anilines is 1. The van der Waals surface area contributed by atoms with Gasteiger partial charge in [0.25, 0.3) is 0 Å². The summed E-state index contributed by atoms with van der Waals surface area (Å²) >= 11 is 2.19. The highest BCUT2D eigenvalue weighted by atomic mass is 127. The Morgan fingerprint density at radius 1 is 1.21 bits per heavy atom. The topological polar surface area (TPSA) is 88.1 Å². The zero-order chi connectivity index (χ0) is 21.5. The number of hydrogen-bond donors (Lipinski definition) is 1. The van der Waals surface area contributed by atoms with Gasteiger partial charge in [0.2, 0.25) is 8.32 Å². The van der Waals surface area contributed by atoms with Gasteiger partial charge in [0.05, 0.1) is 17.6 Å². The quantitative estimate of drug-likeness (QED) is 0.387. The molecule has 3 atom stereocenters. The van der Waals surface area contributed by atoms with Crippen LogP contribution in [0, 0.1) is 3.70 Å². The molecule has 0 saturated carbocycles. The van der Waals surface area contributed by atoms with Gasteiger partial charge in [-0.05, 0) is 45.6 Å². The van der Waals surface area contributed by atoms with Gasteiger partial charge in [-0.3, -0.25) is 0 Å². The largest absolute Gasteiger partial charge is 0.410 e. The predicted octanol–water partition coefficient (Wildman–Crippen LogP) is 5.27. The van der Waals surface area contributed by atoms with Crippen molar-refractivity contribution in [1.82, 2.24) is 19.7 Å². The van der Waals surface area contributed by atoms with Crippen molar-refractivity contribution in [1.29, 1.82) is 0 Å². The fourth-order valence-corrected chi connectivity index (χ4v) is 11.5. The molecule has 3 rings (SSSR count). The summed E-state index contributed by atoms with van der Waals surface area (Å²) in [6, 6.07) is 0. The molecule has 1 saturated heterocycles. The first kappa shape index (κ1) is 22.9. The molecule has 0 aliphatic carbocycles. The number of ether oxygens (including phenoxy) is 1. The zero-order valence-corrected chi connectivity index (χ0v) is 21.7. The van der Waals surface area contributed by atoms with E-state index in [1.807, 2.05) is 4.68 Å². The Balaban J connectivity index is 1.94. The molecule has 7 nitrogen and oxygen atoms in total. The van der Waals surface area contributed by atoms with Crippen molar-refractivity contribution in [3.05, 3.63) is 10.0 Å². The smallest absolute Gasteiger partial charge is 0.200 e. The van der Waals surface area contributed by atoms with E-state index in [-0.39, 0.29) is 18.4 Å². The highest BCUT2D eigenvalue weighted by Crippen LogP contribution is 2.46. The zero-order valence-electron chi connectivity index (χ0n) is 18.5. The molecule has 0 radical (unpaired) electrons. The normalized spacial score (nSPS) is 23.2. The first-order valence-electron chi connectivity index (χ1n) is 10.6. The Kier molecular flexibility index (Phi) is 6.91. The number of fused-ring (bicyclic) bond motifs is 1. The third-order valence-corrected chi connectivity index (χ3v) is 13.3. The molecule has 162 valence electrons. The van der Waals surface area contributed by atoms with Crippen LogP contribution in [-0.4, -0.2) is 40.3 Å². The minimum absolute atomic E-state index is 0.0548. The summed E-state index contributed by atoms with van der Waals surface area (Å²) in [5.74, 6) is 0.453. The summed E-state index contributed by atoms with van der Waals surface area (Å²) in [7, 11) is -2.00. The van der Waals surface area contributed by atoms with Crippen LogP contribution in [0.5, 0.6) is 0 Å². The van der Waals surface area contributed by atoms with Crippen molar-refractivity contribution in [2.45, 2.75) is 96.4 Å². The summed E-state index contributed by atoms with van der Waals surface area (Å²) in [6.07, 6.45) is 3.09. The molecule has 0 amide bonds. The lowest BCUT2D eigenvalue weighted by atomic mass is 10.1. The number of rotatable bonds is 7. The SMILES string of the molecule is CC[C@@H]1O[C@@H](n2nc(I)c3c(N)ncnc32)C[C@@H]1O[Si](C(C)C)(C(C)C)C(C)C. The molecule has 29 heavy (non-hydrogen) atoms. The number of aromatic nitrogens is 4. The van der Waals surface area contributed by atoms with E-state index in [1.54, 1.807) is 0 Å². The third-order valence-electron chi connectivity index (χ3n) is 6.39. The Labute approximate surface area is 188 Å². The fraction of sp³-hybridized carbons (Fsp3) is 0.750. The lowest BCUT2D eigenvalue weighted by Gasteiger charge is -2.44. The predicted molar refractivity (Wildman–Crippen MR) is 127 cm³/mol. The molecule has 2 N–H and O–H groups in total. The van der Waals surface area contributed by atoms with Crippen molar-refractivity contribution in [3.63, 3.8) is 0 Å². The molecule has 3 heterocycles. The van der Waals surface area contributed by atoms with Gasteiger partial charge < -0.3 is 14.9 Å². The second kappa shape index (κ2) is 8.76. The van der Waals surface area contributed by atoms with Gasteiger partial charge in [-0.15, -0.1) is 0 Å². The molecular weight excluding hydrogens is 497 g/mol. The maximum atomic E-state index is 7.09. The Hall–Kier alpha value is -0.783. The van der Waals surface area contributed by atoms with Crippen LogP contribution in [0.4, 0.5) is 5.82 Å². The first-order chi connectivity index (χ1) is 13.6. The van der Waals surface area contributed by atoms with Crippen molar-refractivity contribution >= 4 is 47.8 Å². The van der Waals surface area contributed by atoms with E-state index in [0.29, 0.717) is 22.4 Å². The van der Waals surface area contributed by atoms with Crippen LogP contribution in [0.1, 0.15) is 67.5 Å². The van der Waals surface area contributed by atoms with Gasteiger partial charge in [-0.1, -0.05) is 48.5 Å². The summed E-state index contributed by atoms with van der Waals surface area (Å²) in [6.45, 7) is 16.1. The van der Waals surface area contributed by atoms with Gasteiger partial charge >= 0.3 is 0 Å². The van der Waals surface area contributed by atoms with Crippen LogP contribution in [0.2, 0.25) is 16.6 Å². The average Bonchev–Trinajstić information content (AvgIpc) is 3.20. The molecule has 1 fully saturated rings. The van der Waals surface area contributed by atoms with Gasteiger partial charge in [-0.2, -0.15) is 5.10 Å². The van der Waals surface area contributed by atoms with Gasteiger partial charge in [0.1, 0.15) is 15.8 Å². The maximum Gasteiger partial charge on any atom is 0.200 e. The van der Waals surface area contributed by atoms with Crippen LogP contribution >= 0.6 is 22.6 Å². The van der Waals surface area contributed by atoms with Crippen molar-refractivity contribution < 1.29 is 9.16 Å². The summed E-state index contributed by atoms with van der Waals surface area (Å²) in [5.41, 5.74) is 8.41. The minimum Gasteiger partial charge on any atom is -0.410 e. The molecule has 2 aromatic rings. The molecular formula is C20H34IN5O2Si. The summed E-state index contributed by atoms with van der Waals surface area (Å²) < 4.78 is 16.2. The van der Waals surface area contributed by atoms with Gasteiger partial charge in [-0.25, -0.2) is 14.6 Å². The molecule has 9 heteroatoms. The standard InChI is InChI=1S/C20H34IN5O2Si/c1-8-14-15(28-29(11(2)3,12(4)5)13(6)7)9-16(27-14)26-20-17(18(21)25-26)19(22)23-10-24-20/h10-16H,8-9H2,1-7H3,(H2,22,23,24)/t14-,15-,16+/m0/s1. The molecule has 0 aromatic carbocycles. The Bertz CT molecular complexity index is 835. The van der Waals surface area contributed by atoms with E-state index < -0.39 is 8.32 Å². The van der Waals surface area contributed by atoms with Crippen LogP contribution in [-0.2, 0) is 9.16 Å². The van der Waals surface area contributed by atoms with Gasteiger partial charge in [0.15, 0.2) is 11.9 Å². The number of hydrogen-bond acceptors (Lipinski definition) is 6. The molecule has 0 unspecified atom stereocenters. The van der Waals surface area contributed by atoms with E-state index >= 15 is 0 Å². The fourth-order valence-electron chi connectivity index (χ4n) is 5.16. The number of nitrogens with two attached hydrogens (primary N) is 1. The average molecular weight is 532 g/mol. The Morgan fingerprint density at radius 2 is 1.83 bits per heavy atom. The minimum atomic E-state index is -2.00. The van der Waals surface area contributed by atoms with Crippen molar-refractivity contribution in [2.75, 3.05) is 5.73 Å². The highest BCUT2D eigenvalue weighted by molar-refractivity contribution is 14.1. The summed E-state index contributed by atoms with van der Waals surface area (Å²) in [5, 5.41) is 5.48. The summed E-state index contributed by atoms with van der Waals surface area (Å²) in [4.78, 5) is 8.54. The van der Waals surface area contributed by atoms with E-state index in [4.69, 9.17) is 14.9 Å². The lowest BCUT2D eigenvalue weighted by molar-refractivity contribution is -0.0219. The number of halogens is 1. The van der Waals surface area contributed by atoms with Crippen LogP contribution < -0.4 is 5.73 Å². The van der Waals surface area contributed by atoms with E-state index in [1.165, 1.54) is 6.33 Å². The molecule has 1 aliphatic rings. The molecule has 1 aliphatic heterocycles. The van der Waals surface area contributed by atoms with Crippen molar-refractivity contribution in [3.8, 4) is 0 Å². The monoisotopic (exact) mass is 531 g/mol. The number of nitrogens with zero attached hydrogens (tertiary/aromatic N) is 4. The van der Waals surface area contributed by atoms with Crippen LogP contribution in [0.25, 0.3) is 11.0 Å². The lowest BCUT2D eigenvalue weighted by Crippen LogP contribution is -2.51. The van der Waals surface area contributed by atoms with E-state index in [0.717, 1.165) is 27.6 Å². The number of nitrogen functional groups attached to an aromatic ring is 1. The van der Waals surface area contributed by atoms with E-state index in [9.17, 15) is 0 Å². The second-order valence-corrected chi connectivity index (χ2v) is 15.4. The third kappa shape index (κ3) is 3.95. The first-order valence-corrected chi connectivity index (χ1v) is 13.8. The van der Waals surface area contributed by atoms with E-state index in [2.05, 4.69) is 86.1 Å². The van der Waals surface area contributed by atoms with Crippen LogP contribution in [0.3, 0.4) is 0 Å². The second-order valence-electron chi connectivity index (χ2n) is 8.94. The van der Waals surface area contributed by atoms with Gasteiger partial charge in [0, 0.05) is 6.42 Å². The highest BCUT2D eigenvalue weighted by Gasteiger charge is 2.50. The van der Waals surface area contributed by atoms with Crippen molar-refractivity contribution in [2.24, 2.45) is 0 Å². The maximum absolute atomic E-state index is 7.09. The molecule has 0 bridgehead atoms. The molecule has 0 spiro atoms. The molecule has 2 aromatic heterocycles.